The number of nitro groups is 1. The van der Waals surface area contributed by atoms with Crippen LogP contribution in [0.4, 0.5) is 5.69 Å². The minimum Gasteiger partial charge on any atom is -0.258 e. The van der Waals surface area contributed by atoms with E-state index in [2.05, 4.69) is 4.98 Å². The van der Waals surface area contributed by atoms with Gasteiger partial charge in [-0.15, -0.1) is 0 Å². The molecule has 2 aromatic rings. The molecule has 0 atom stereocenters. The van der Waals surface area contributed by atoms with Crippen molar-refractivity contribution in [1.82, 2.24) is 4.98 Å². The molecule has 0 aliphatic carbocycles. The van der Waals surface area contributed by atoms with Crippen LogP contribution in [0.15, 0.2) is 40.3 Å². The maximum atomic E-state index is 10.9. The summed E-state index contributed by atoms with van der Waals surface area (Å²) in [5, 5.41) is 12.1. The summed E-state index contributed by atoms with van der Waals surface area (Å²) in [6, 6.07) is 7.61. The Morgan fingerprint density at radius 1 is 1.11 bits per heavy atom. The average molecular weight is 336 g/mol. The monoisotopic (exact) mass is 334 g/mol. The van der Waals surface area contributed by atoms with Crippen molar-refractivity contribution in [2.24, 2.45) is 0 Å². The van der Waals surface area contributed by atoms with Gasteiger partial charge < -0.3 is 0 Å². The van der Waals surface area contributed by atoms with E-state index in [4.69, 9.17) is 34.8 Å². The van der Waals surface area contributed by atoms with Crippen molar-refractivity contribution in [3.63, 3.8) is 0 Å². The molecule has 0 N–H and O–H groups in total. The van der Waals surface area contributed by atoms with Crippen LogP contribution in [0.1, 0.15) is 0 Å². The molecule has 0 unspecified atom stereocenters. The lowest BCUT2D eigenvalue weighted by Gasteiger charge is -2.04. The van der Waals surface area contributed by atoms with Crippen molar-refractivity contribution >= 4 is 52.3 Å². The number of aromatic nitrogens is 1. The average Bonchev–Trinajstić information content (AvgIpc) is 2.33. The molecule has 0 bridgehead atoms. The number of rotatable bonds is 3. The van der Waals surface area contributed by atoms with Crippen LogP contribution in [-0.4, -0.2) is 9.91 Å². The van der Waals surface area contributed by atoms with Gasteiger partial charge in [-0.05, 0) is 24.3 Å². The summed E-state index contributed by atoms with van der Waals surface area (Å²) >= 11 is 18.5. The number of benzene rings is 1. The zero-order valence-electron chi connectivity index (χ0n) is 9.14. The van der Waals surface area contributed by atoms with Gasteiger partial charge in [0.15, 0.2) is 5.03 Å². The zero-order chi connectivity index (χ0) is 14.0. The molecule has 19 heavy (non-hydrogen) atoms. The standard InChI is InChI=1S/C11H5Cl3N2O2S/c12-7-2-1-6(5-8(7)13)19-11-9(16(17)18)3-4-10(14)15-11/h1-5H. The van der Waals surface area contributed by atoms with E-state index in [1.165, 1.54) is 12.1 Å². The van der Waals surface area contributed by atoms with E-state index in [1.807, 2.05) is 0 Å². The molecule has 0 amide bonds. The summed E-state index contributed by atoms with van der Waals surface area (Å²) in [7, 11) is 0. The molecular weight excluding hydrogens is 331 g/mol. The molecule has 0 saturated heterocycles. The van der Waals surface area contributed by atoms with Crippen LogP contribution in [0.5, 0.6) is 0 Å². The van der Waals surface area contributed by atoms with E-state index in [1.54, 1.807) is 18.2 Å². The second kappa shape index (κ2) is 5.96. The van der Waals surface area contributed by atoms with Crippen LogP contribution in [0, 0.1) is 10.1 Å². The lowest BCUT2D eigenvalue weighted by molar-refractivity contribution is -0.388. The first-order valence-electron chi connectivity index (χ1n) is 4.91. The zero-order valence-corrected chi connectivity index (χ0v) is 12.2. The van der Waals surface area contributed by atoms with Gasteiger partial charge in [-0.1, -0.05) is 46.6 Å². The summed E-state index contributed by atoms with van der Waals surface area (Å²) in [4.78, 5) is 15.0. The highest BCUT2D eigenvalue weighted by atomic mass is 35.5. The molecule has 0 spiro atoms. The predicted octanol–water partition coefficient (Wildman–Crippen LogP) is 5.10. The lowest BCUT2D eigenvalue weighted by atomic mass is 10.4. The van der Waals surface area contributed by atoms with Crippen LogP contribution in [0.25, 0.3) is 0 Å². The Hall–Kier alpha value is -1.01. The molecule has 0 aliphatic heterocycles. The van der Waals surface area contributed by atoms with Gasteiger partial charge in [0.05, 0.1) is 15.0 Å². The third-order valence-electron chi connectivity index (χ3n) is 2.11. The Morgan fingerprint density at radius 3 is 2.47 bits per heavy atom. The molecule has 0 aliphatic rings. The van der Waals surface area contributed by atoms with E-state index in [0.717, 1.165) is 11.8 Å². The largest absolute Gasteiger partial charge is 0.301 e. The summed E-state index contributed by atoms with van der Waals surface area (Å²) in [5.41, 5.74) is -0.111. The normalized spacial score (nSPS) is 10.5. The van der Waals surface area contributed by atoms with E-state index in [9.17, 15) is 10.1 Å². The number of hydrogen-bond acceptors (Lipinski definition) is 4. The topological polar surface area (TPSA) is 56.0 Å². The smallest absolute Gasteiger partial charge is 0.258 e. The molecule has 2 rings (SSSR count). The van der Waals surface area contributed by atoms with Gasteiger partial charge in [0, 0.05) is 11.0 Å². The Labute approximate surface area is 127 Å². The van der Waals surface area contributed by atoms with Gasteiger partial charge in [0.25, 0.3) is 0 Å². The fourth-order valence-electron chi connectivity index (χ4n) is 1.28. The van der Waals surface area contributed by atoms with E-state index >= 15 is 0 Å². The predicted molar refractivity (Wildman–Crippen MR) is 76.5 cm³/mol. The Morgan fingerprint density at radius 2 is 1.84 bits per heavy atom. The first-order valence-corrected chi connectivity index (χ1v) is 6.86. The van der Waals surface area contributed by atoms with E-state index in [-0.39, 0.29) is 15.9 Å². The van der Waals surface area contributed by atoms with Crippen molar-refractivity contribution in [1.29, 1.82) is 0 Å². The molecule has 0 radical (unpaired) electrons. The quantitative estimate of drug-likeness (QED) is 0.445. The third-order valence-corrected chi connectivity index (χ3v) is 4.04. The number of halogens is 3. The van der Waals surface area contributed by atoms with Crippen molar-refractivity contribution in [3.8, 4) is 0 Å². The van der Waals surface area contributed by atoms with E-state index in [0.29, 0.717) is 14.9 Å². The van der Waals surface area contributed by atoms with Crippen LogP contribution < -0.4 is 0 Å². The minimum atomic E-state index is -0.511. The maximum absolute atomic E-state index is 10.9. The van der Waals surface area contributed by atoms with Crippen molar-refractivity contribution in [3.05, 3.63) is 55.6 Å². The summed E-state index contributed by atoms with van der Waals surface area (Å²) < 4.78 is 0. The molecule has 1 aromatic carbocycles. The van der Waals surface area contributed by atoms with Crippen LogP contribution >= 0.6 is 46.6 Å². The summed E-state index contributed by atoms with van der Waals surface area (Å²) in [6.45, 7) is 0. The first kappa shape index (κ1) is 14.4. The Bertz CT molecular complexity index is 652. The highest BCUT2D eigenvalue weighted by Crippen LogP contribution is 2.36. The lowest BCUT2D eigenvalue weighted by Crippen LogP contribution is -1.93. The van der Waals surface area contributed by atoms with Crippen molar-refractivity contribution in [2.75, 3.05) is 0 Å². The molecule has 98 valence electrons. The second-order valence-electron chi connectivity index (χ2n) is 3.39. The fraction of sp³-hybridized carbons (Fsp3) is 0. The second-order valence-corrected chi connectivity index (χ2v) is 5.66. The Balaban J connectivity index is 2.39. The molecule has 4 nitrogen and oxygen atoms in total. The number of pyridine rings is 1. The molecule has 1 heterocycles. The molecule has 1 aromatic heterocycles. The van der Waals surface area contributed by atoms with Crippen molar-refractivity contribution < 1.29 is 4.92 Å². The van der Waals surface area contributed by atoms with Gasteiger partial charge in [-0.3, -0.25) is 10.1 Å². The molecule has 8 heteroatoms. The van der Waals surface area contributed by atoms with Crippen molar-refractivity contribution in [2.45, 2.75) is 9.92 Å². The molecule has 0 fully saturated rings. The summed E-state index contributed by atoms with van der Waals surface area (Å²) in [6.07, 6.45) is 0. The van der Waals surface area contributed by atoms with Gasteiger partial charge in [0.2, 0.25) is 0 Å². The van der Waals surface area contributed by atoms with E-state index < -0.39 is 4.92 Å². The minimum absolute atomic E-state index is 0.111. The van der Waals surface area contributed by atoms with Crippen LogP contribution in [-0.2, 0) is 0 Å². The van der Waals surface area contributed by atoms with Gasteiger partial charge >= 0.3 is 5.69 Å². The molecular formula is C11H5Cl3N2O2S. The van der Waals surface area contributed by atoms with Crippen LogP contribution in [0.3, 0.4) is 0 Å². The Kier molecular flexibility index (Phi) is 4.52. The van der Waals surface area contributed by atoms with Crippen LogP contribution in [0.2, 0.25) is 15.2 Å². The SMILES string of the molecule is O=[N+]([O-])c1ccc(Cl)nc1Sc1ccc(Cl)c(Cl)c1. The summed E-state index contributed by atoms with van der Waals surface area (Å²) in [5.74, 6) is 0. The number of nitrogens with zero attached hydrogens (tertiary/aromatic N) is 2. The maximum Gasteiger partial charge on any atom is 0.301 e. The highest BCUT2D eigenvalue weighted by Gasteiger charge is 2.17. The van der Waals surface area contributed by atoms with Gasteiger partial charge in [-0.25, -0.2) is 4.98 Å². The van der Waals surface area contributed by atoms with Gasteiger partial charge in [-0.2, -0.15) is 0 Å². The fourth-order valence-corrected chi connectivity index (χ4v) is 2.76. The number of hydrogen-bond donors (Lipinski definition) is 0. The van der Waals surface area contributed by atoms with Gasteiger partial charge in [0.1, 0.15) is 5.15 Å². The third kappa shape index (κ3) is 3.51. The first-order chi connectivity index (χ1) is 8.97. The highest BCUT2D eigenvalue weighted by molar-refractivity contribution is 7.99. The molecule has 0 saturated carbocycles.